The molecule has 0 aliphatic rings. The third-order valence-corrected chi connectivity index (χ3v) is 3.64. The molecular formula is C15H15Cl2N3O5. The minimum Gasteiger partial charge on any atom is -0.436 e. The zero-order valence-corrected chi connectivity index (χ0v) is 15.4. The smallest absolute Gasteiger partial charge is 0.409 e. The molecule has 2 aromatic rings. The molecule has 0 saturated heterocycles. The van der Waals surface area contributed by atoms with Crippen molar-refractivity contribution >= 4 is 35.1 Å². The largest absolute Gasteiger partial charge is 0.436 e. The maximum atomic E-state index is 12.2. The van der Waals surface area contributed by atoms with Crippen molar-refractivity contribution in [3.63, 3.8) is 0 Å². The Kier molecular flexibility index (Phi) is 5.54. The van der Waals surface area contributed by atoms with Gasteiger partial charge >= 0.3 is 11.9 Å². The first kappa shape index (κ1) is 19.0. The molecule has 0 saturated carbocycles. The van der Waals surface area contributed by atoms with Crippen LogP contribution in [0.1, 0.15) is 31.3 Å². The molecule has 8 nitrogen and oxygen atoms in total. The van der Waals surface area contributed by atoms with Gasteiger partial charge in [-0.15, -0.1) is 0 Å². The first-order valence-corrected chi connectivity index (χ1v) is 7.81. The van der Waals surface area contributed by atoms with E-state index in [0.29, 0.717) is 5.02 Å². The Morgan fingerprint density at radius 3 is 2.40 bits per heavy atom. The lowest BCUT2D eigenvalue weighted by atomic mass is 9.98. The highest BCUT2D eigenvalue weighted by atomic mass is 35.5. The van der Waals surface area contributed by atoms with Crippen molar-refractivity contribution in [3.05, 3.63) is 33.9 Å². The molecule has 0 amide bonds. The molecule has 1 heterocycles. The predicted octanol–water partition coefficient (Wildman–Crippen LogP) is 3.58. The van der Waals surface area contributed by atoms with Gasteiger partial charge in [0.2, 0.25) is 5.69 Å². The molecule has 0 radical (unpaired) electrons. The summed E-state index contributed by atoms with van der Waals surface area (Å²) in [5, 5.41) is 8.04. The number of hydrogen-bond donors (Lipinski definition) is 0. The van der Waals surface area contributed by atoms with Gasteiger partial charge in [-0.25, -0.2) is 24.0 Å². The van der Waals surface area contributed by atoms with Crippen LogP contribution in [0.15, 0.2) is 18.2 Å². The fourth-order valence-electron chi connectivity index (χ4n) is 1.52. The van der Waals surface area contributed by atoms with E-state index in [-0.39, 0.29) is 22.3 Å². The maximum absolute atomic E-state index is 12.2. The number of benzene rings is 1. The summed E-state index contributed by atoms with van der Waals surface area (Å²) in [7, 11) is 1.46. The third kappa shape index (κ3) is 4.61. The summed E-state index contributed by atoms with van der Waals surface area (Å²) in [5.74, 6) is -1.54. The summed E-state index contributed by atoms with van der Waals surface area (Å²) in [6.07, 6.45) is 0. The van der Waals surface area contributed by atoms with Crippen molar-refractivity contribution in [3.8, 4) is 11.6 Å². The summed E-state index contributed by atoms with van der Waals surface area (Å²) in [5.41, 5.74) is -0.975. The minimum atomic E-state index is -0.986. The van der Waals surface area contributed by atoms with Crippen molar-refractivity contribution in [1.29, 1.82) is 0 Å². The lowest BCUT2D eigenvalue weighted by Gasteiger charge is -2.14. The van der Waals surface area contributed by atoms with E-state index >= 15 is 0 Å². The number of aryl methyl sites for hydroxylation is 1. The Morgan fingerprint density at radius 1 is 1.12 bits per heavy atom. The van der Waals surface area contributed by atoms with Gasteiger partial charge < -0.3 is 4.74 Å². The van der Waals surface area contributed by atoms with Gasteiger partial charge in [0.05, 0.1) is 15.5 Å². The van der Waals surface area contributed by atoms with Gasteiger partial charge in [0.25, 0.3) is 5.88 Å². The van der Waals surface area contributed by atoms with Crippen LogP contribution in [0.25, 0.3) is 0 Å². The first-order valence-electron chi connectivity index (χ1n) is 7.05. The molecule has 1 aromatic carbocycles. The zero-order chi connectivity index (χ0) is 18.8. The fourth-order valence-corrected chi connectivity index (χ4v) is 1.81. The average Bonchev–Trinajstić information content (AvgIpc) is 2.88. The van der Waals surface area contributed by atoms with Crippen LogP contribution in [0.4, 0.5) is 0 Å². The van der Waals surface area contributed by atoms with Gasteiger partial charge in [-0.2, -0.15) is 0 Å². The monoisotopic (exact) mass is 387 g/mol. The standard InChI is InChI=1S/C15H15Cl2N3O5/c1-15(2,3)14(22)25-24-13(21)11-12(18-19-20(11)4)23-8-5-6-9(16)10(17)7-8/h5-7H,1-4H3. The van der Waals surface area contributed by atoms with Crippen LogP contribution < -0.4 is 4.74 Å². The number of nitrogens with zero attached hydrogens (tertiary/aromatic N) is 3. The fraction of sp³-hybridized carbons (Fsp3) is 0.333. The molecule has 0 atom stereocenters. The predicted molar refractivity (Wildman–Crippen MR) is 88.5 cm³/mol. The second-order valence-corrected chi connectivity index (χ2v) is 6.85. The van der Waals surface area contributed by atoms with Crippen LogP contribution in [0.3, 0.4) is 0 Å². The van der Waals surface area contributed by atoms with Crippen LogP contribution in [-0.4, -0.2) is 26.9 Å². The van der Waals surface area contributed by atoms with E-state index in [2.05, 4.69) is 20.1 Å². The summed E-state index contributed by atoms with van der Waals surface area (Å²) < 4.78 is 6.61. The van der Waals surface area contributed by atoms with Crippen LogP contribution in [0.5, 0.6) is 11.6 Å². The molecular weight excluding hydrogens is 373 g/mol. The minimum absolute atomic E-state index is 0.141. The Hall–Kier alpha value is -2.32. The van der Waals surface area contributed by atoms with Crippen molar-refractivity contribution in [2.24, 2.45) is 12.5 Å². The Balaban J connectivity index is 2.16. The molecule has 0 spiro atoms. The van der Waals surface area contributed by atoms with E-state index in [1.165, 1.54) is 25.2 Å². The maximum Gasteiger partial charge on any atom is 0.409 e. The van der Waals surface area contributed by atoms with Gasteiger partial charge in [0.15, 0.2) is 0 Å². The lowest BCUT2D eigenvalue weighted by Crippen LogP contribution is -2.25. The summed E-state index contributed by atoms with van der Waals surface area (Å²) >= 11 is 11.7. The normalized spacial score (nSPS) is 11.1. The van der Waals surface area contributed by atoms with E-state index in [0.717, 1.165) is 4.68 Å². The molecule has 2 rings (SSSR count). The van der Waals surface area contributed by atoms with Gasteiger partial charge in [-0.1, -0.05) is 33.5 Å². The average molecular weight is 388 g/mol. The quantitative estimate of drug-likeness (QED) is 0.586. The number of halogens is 2. The highest BCUT2D eigenvalue weighted by Crippen LogP contribution is 2.30. The first-order chi connectivity index (χ1) is 11.6. The Morgan fingerprint density at radius 2 is 1.80 bits per heavy atom. The molecule has 10 heteroatoms. The van der Waals surface area contributed by atoms with Gasteiger partial charge in [-0.3, -0.25) is 0 Å². The van der Waals surface area contributed by atoms with Gasteiger partial charge in [-0.05, 0) is 32.9 Å². The van der Waals surface area contributed by atoms with Crippen molar-refractivity contribution in [2.75, 3.05) is 0 Å². The van der Waals surface area contributed by atoms with Crippen molar-refractivity contribution in [2.45, 2.75) is 20.8 Å². The van der Waals surface area contributed by atoms with Gasteiger partial charge in [0.1, 0.15) is 5.75 Å². The van der Waals surface area contributed by atoms with E-state index in [4.69, 9.17) is 27.9 Å². The summed E-state index contributed by atoms with van der Waals surface area (Å²) in [4.78, 5) is 32.9. The lowest BCUT2D eigenvalue weighted by molar-refractivity contribution is -0.242. The highest BCUT2D eigenvalue weighted by molar-refractivity contribution is 6.42. The number of rotatable bonds is 3. The van der Waals surface area contributed by atoms with Crippen molar-refractivity contribution < 1.29 is 24.1 Å². The Bertz CT molecular complexity index is 814. The molecule has 0 fully saturated rings. The van der Waals surface area contributed by atoms with Crippen LogP contribution in [0, 0.1) is 5.41 Å². The summed E-state index contributed by atoms with van der Waals surface area (Å²) in [6, 6.07) is 4.52. The molecule has 1 aromatic heterocycles. The Labute approximate surface area is 153 Å². The second kappa shape index (κ2) is 7.28. The number of aromatic nitrogens is 3. The number of carbonyl (C=O) groups is 2. The molecule has 0 N–H and O–H groups in total. The highest BCUT2D eigenvalue weighted by Gasteiger charge is 2.29. The van der Waals surface area contributed by atoms with Crippen molar-refractivity contribution in [1.82, 2.24) is 15.0 Å². The van der Waals surface area contributed by atoms with E-state index in [1.807, 2.05) is 0 Å². The molecule has 0 unspecified atom stereocenters. The van der Waals surface area contributed by atoms with Crippen LogP contribution in [-0.2, 0) is 21.6 Å². The van der Waals surface area contributed by atoms with E-state index < -0.39 is 17.4 Å². The molecule has 0 bridgehead atoms. The SMILES string of the molecule is Cn1nnc(Oc2ccc(Cl)c(Cl)c2)c1C(=O)OOC(=O)C(C)(C)C. The molecule has 0 aliphatic carbocycles. The number of ether oxygens (including phenoxy) is 1. The second-order valence-electron chi connectivity index (χ2n) is 6.04. The van der Waals surface area contributed by atoms with Crippen LogP contribution in [0.2, 0.25) is 10.0 Å². The molecule has 25 heavy (non-hydrogen) atoms. The van der Waals surface area contributed by atoms with E-state index in [1.54, 1.807) is 20.8 Å². The third-order valence-electron chi connectivity index (χ3n) is 2.90. The number of carbonyl (C=O) groups excluding carboxylic acids is 2. The number of hydrogen-bond acceptors (Lipinski definition) is 7. The molecule has 0 aliphatic heterocycles. The topological polar surface area (TPSA) is 92.5 Å². The van der Waals surface area contributed by atoms with Gasteiger partial charge in [0, 0.05) is 13.1 Å². The zero-order valence-electron chi connectivity index (χ0n) is 13.9. The molecule has 134 valence electrons. The summed E-state index contributed by atoms with van der Waals surface area (Å²) in [6.45, 7) is 4.86. The van der Waals surface area contributed by atoms with E-state index in [9.17, 15) is 9.59 Å². The van der Waals surface area contributed by atoms with Crippen LogP contribution >= 0.6 is 23.2 Å².